The second-order valence-corrected chi connectivity index (χ2v) is 6.91. The Bertz CT molecular complexity index is 673. The first-order chi connectivity index (χ1) is 11.7. The number of rotatable bonds is 5. The molecular weight excluding hydrogens is 337 g/mol. The van der Waals surface area contributed by atoms with Gasteiger partial charge in [-0.1, -0.05) is 13.8 Å². The summed E-state index contributed by atoms with van der Waals surface area (Å²) in [7, 11) is 0. The van der Waals surface area contributed by atoms with Gasteiger partial charge in [0.15, 0.2) is 0 Å². The average molecular weight is 358 g/mol. The summed E-state index contributed by atoms with van der Waals surface area (Å²) in [6.45, 7) is 3.90. The lowest BCUT2D eigenvalue weighted by Crippen LogP contribution is -2.51. The largest absolute Gasteiger partial charge is 0.484 e. The van der Waals surface area contributed by atoms with E-state index in [0.717, 1.165) is 37.5 Å². The number of hydrogen-bond acceptors (Lipinski definition) is 3. The summed E-state index contributed by atoms with van der Waals surface area (Å²) < 4.78 is 52.0. The number of carboxylic acids is 1. The topological polar surface area (TPSA) is 55.8 Å². The number of benzene rings is 1. The Morgan fingerprint density at radius 2 is 2.16 bits per heavy atom. The van der Waals surface area contributed by atoms with Gasteiger partial charge in [0.1, 0.15) is 11.4 Å². The second-order valence-electron chi connectivity index (χ2n) is 6.91. The molecule has 2 saturated heterocycles. The standard InChI is InChI=1S/C18H21F3O4/c1-3-10(2)17(9-12-5-7-15(17)24-12)25-14-8-11(16(22)23)4-6-13(14)18(19,20)21/h4,6,8,10,12,15H,3,5,7,9H2,1-2H3,(H,22,23). The zero-order chi connectivity index (χ0) is 18.4. The fourth-order valence-corrected chi connectivity index (χ4v) is 3.95. The van der Waals surface area contributed by atoms with E-state index in [1.807, 2.05) is 13.8 Å². The molecule has 138 valence electrons. The van der Waals surface area contributed by atoms with Gasteiger partial charge >= 0.3 is 12.1 Å². The number of alkyl halides is 3. The fraction of sp³-hybridized carbons (Fsp3) is 0.611. The van der Waals surface area contributed by atoms with Gasteiger partial charge in [-0.3, -0.25) is 0 Å². The Morgan fingerprint density at radius 3 is 2.64 bits per heavy atom. The third kappa shape index (κ3) is 3.10. The SMILES string of the molecule is CCC(C)C1(Oc2cc(C(=O)O)ccc2C(F)(F)F)CC2CCC1O2. The van der Waals surface area contributed by atoms with Gasteiger partial charge in [0.05, 0.1) is 23.3 Å². The molecule has 2 bridgehead atoms. The van der Waals surface area contributed by atoms with E-state index in [9.17, 15) is 18.0 Å². The molecule has 2 aliphatic heterocycles. The van der Waals surface area contributed by atoms with Crippen LogP contribution in [0.1, 0.15) is 55.5 Å². The molecule has 7 heteroatoms. The van der Waals surface area contributed by atoms with Crippen molar-refractivity contribution in [1.82, 2.24) is 0 Å². The molecule has 0 amide bonds. The third-order valence-electron chi connectivity index (χ3n) is 5.48. The monoisotopic (exact) mass is 358 g/mol. The van der Waals surface area contributed by atoms with Crippen LogP contribution in [0.2, 0.25) is 0 Å². The van der Waals surface area contributed by atoms with Crippen LogP contribution < -0.4 is 4.74 Å². The van der Waals surface area contributed by atoms with Crippen molar-refractivity contribution in [3.8, 4) is 5.75 Å². The maximum atomic E-state index is 13.4. The van der Waals surface area contributed by atoms with Gasteiger partial charge in [-0.25, -0.2) is 4.79 Å². The first kappa shape index (κ1) is 18.0. The normalized spacial score (nSPS) is 29.6. The lowest BCUT2D eigenvalue weighted by molar-refractivity contribution is -0.141. The van der Waals surface area contributed by atoms with Crippen molar-refractivity contribution in [2.75, 3.05) is 0 Å². The highest BCUT2D eigenvalue weighted by Gasteiger charge is 2.57. The first-order valence-electron chi connectivity index (χ1n) is 8.46. The maximum absolute atomic E-state index is 13.4. The molecule has 0 aromatic heterocycles. The predicted octanol–water partition coefficient (Wildman–Crippen LogP) is 4.52. The molecule has 25 heavy (non-hydrogen) atoms. The Labute approximate surface area is 143 Å². The number of ether oxygens (including phenoxy) is 2. The summed E-state index contributed by atoms with van der Waals surface area (Å²) >= 11 is 0. The Balaban J connectivity index is 2.05. The van der Waals surface area contributed by atoms with Gasteiger partial charge in [-0.15, -0.1) is 0 Å². The number of carbonyl (C=O) groups is 1. The van der Waals surface area contributed by atoms with E-state index in [0.29, 0.717) is 6.42 Å². The average Bonchev–Trinajstić information content (AvgIpc) is 3.14. The zero-order valence-electron chi connectivity index (χ0n) is 14.1. The minimum atomic E-state index is -4.62. The van der Waals surface area contributed by atoms with Crippen LogP contribution in [0, 0.1) is 5.92 Å². The molecule has 2 aliphatic rings. The zero-order valence-corrected chi connectivity index (χ0v) is 14.1. The number of fused-ring (bicyclic) bond motifs is 2. The number of halogens is 3. The molecular formula is C18H21F3O4. The summed E-state index contributed by atoms with van der Waals surface area (Å²) in [4.78, 5) is 11.2. The smallest absolute Gasteiger partial charge is 0.419 e. The van der Waals surface area contributed by atoms with Crippen LogP contribution in [0.15, 0.2) is 18.2 Å². The minimum Gasteiger partial charge on any atom is -0.484 e. The van der Waals surface area contributed by atoms with Crippen molar-refractivity contribution in [2.24, 2.45) is 5.92 Å². The third-order valence-corrected chi connectivity index (χ3v) is 5.48. The summed E-state index contributed by atoms with van der Waals surface area (Å²) in [5.41, 5.74) is -2.04. The highest BCUT2D eigenvalue weighted by Crippen LogP contribution is 2.50. The van der Waals surface area contributed by atoms with E-state index in [1.165, 1.54) is 0 Å². The van der Waals surface area contributed by atoms with E-state index in [2.05, 4.69) is 0 Å². The van der Waals surface area contributed by atoms with E-state index in [1.54, 1.807) is 0 Å². The van der Waals surface area contributed by atoms with Crippen LogP contribution >= 0.6 is 0 Å². The Hall–Kier alpha value is -1.76. The van der Waals surface area contributed by atoms with Crippen LogP contribution in [-0.2, 0) is 10.9 Å². The van der Waals surface area contributed by atoms with E-state index in [4.69, 9.17) is 14.6 Å². The van der Waals surface area contributed by atoms with Crippen LogP contribution in [-0.4, -0.2) is 28.9 Å². The van der Waals surface area contributed by atoms with Gasteiger partial charge in [-0.2, -0.15) is 13.2 Å². The van der Waals surface area contributed by atoms with E-state index < -0.39 is 29.1 Å². The van der Waals surface area contributed by atoms with E-state index in [-0.39, 0.29) is 23.7 Å². The van der Waals surface area contributed by atoms with Gasteiger partial charge in [0.2, 0.25) is 0 Å². The molecule has 0 aliphatic carbocycles. The lowest BCUT2D eigenvalue weighted by Gasteiger charge is -2.41. The Kier molecular flexibility index (Phi) is 4.47. The van der Waals surface area contributed by atoms with Crippen molar-refractivity contribution in [3.05, 3.63) is 29.3 Å². The molecule has 0 saturated carbocycles. The van der Waals surface area contributed by atoms with Crippen LogP contribution in [0.5, 0.6) is 5.75 Å². The van der Waals surface area contributed by atoms with Crippen molar-refractivity contribution in [1.29, 1.82) is 0 Å². The second kappa shape index (κ2) is 6.20. The number of hydrogen-bond donors (Lipinski definition) is 1. The summed E-state index contributed by atoms with van der Waals surface area (Å²) in [5.74, 6) is -1.73. The predicted molar refractivity (Wildman–Crippen MR) is 83.7 cm³/mol. The summed E-state index contributed by atoms with van der Waals surface area (Å²) in [5, 5.41) is 9.13. The molecule has 1 aromatic carbocycles. The van der Waals surface area contributed by atoms with Crippen LogP contribution in [0.4, 0.5) is 13.2 Å². The Morgan fingerprint density at radius 1 is 1.44 bits per heavy atom. The molecule has 4 atom stereocenters. The molecule has 2 fully saturated rings. The molecule has 4 unspecified atom stereocenters. The van der Waals surface area contributed by atoms with Crippen LogP contribution in [0.25, 0.3) is 0 Å². The number of aromatic carboxylic acids is 1. The highest BCUT2D eigenvalue weighted by molar-refractivity contribution is 5.88. The molecule has 1 aromatic rings. The van der Waals surface area contributed by atoms with Gasteiger partial charge < -0.3 is 14.6 Å². The summed E-state index contributed by atoms with van der Waals surface area (Å²) in [6, 6.07) is 2.70. The minimum absolute atomic E-state index is 0.00371. The fourth-order valence-electron chi connectivity index (χ4n) is 3.95. The summed E-state index contributed by atoms with van der Waals surface area (Å²) in [6.07, 6.45) is -2.00. The maximum Gasteiger partial charge on any atom is 0.419 e. The molecule has 1 N–H and O–H groups in total. The van der Waals surface area contributed by atoms with E-state index >= 15 is 0 Å². The highest BCUT2D eigenvalue weighted by atomic mass is 19.4. The lowest BCUT2D eigenvalue weighted by atomic mass is 9.75. The molecule has 2 heterocycles. The van der Waals surface area contributed by atoms with Gasteiger partial charge in [0, 0.05) is 6.42 Å². The number of carboxylic acid groups (broad SMARTS) is 1. The van der Waals surface area contributed by atoms with Gasteiger partial charge in [-0.05, 0) is 43.4 Å². The van der Waals surface area contributed by atoms with Crippen molar-refractivity contribution in [2.45, 2.75) is 63.5 Å². The first-order valence-corrected chi connectivity index (χ1v) is 8.46. The van der Waals surface area contributed by atoms with Gasteiger partial charge in [0.25, 0.3) is 0 Å². The molecule has 0 spiro atoms. The van der Waals surface area contributed by atoms with Crippen molar-refractivity contribution in [3.63, 3.8) is 0 Å². The van der Waals surface area contributed by atoms with Crippen LogP contribution in [0.3, 0.4) is 0 Å². The molecule has 4 nitrogen and oxygen atoms in total. The molecule has 0 radical (unpaired) electrons. The van der Waals surface area contributed by atoms with Crippen molar-refractivity contribution < 1.29 is 32.5 Å². The van der Waals surface area contributed by atoms with Crippen molar-refractivity contribution >= 4 is 5.97 Å². The molecule has 3 rings (SSSR count). The quantitative estimate of drug-likeness (QED) is 0.841.